The van der Waals surface area contributed by atoms with Crippen molar-refractivity contribution in [2.45, 2.75) is 0 Å². The Hall–Kier alpha value is 0.1000. The van der Waals surface area contributed by atoms with E-state index in [2.05, 4.69) is 0 Å². The van der Waals surface area contributed by atoms with Crippen LogP contribution in [0, 0.1) is 26.8 Å². The summed E-state index contributed by atoms with van der Waals surface area (Å²) < 4.78 is 49.8. The molecule has 1 rings (SSSR count). The van der Waals surface area contributed by atoms with Crippen molar-refractivity contribution >= 4 is 37.1 Å². The van der Waals surface area contributed by atoms with E-state index in [1.807, 2.05) is 0 Å². The number of hydrogen-bond acceptors (Lipinski definition) is 0. The zero-order chi connectivity index (χ0) is 9.46. The van der Waals surface area contributed by atoms with Crippen LogP contribution in [0.4, 0.5) is 17.6 Å². The summed E-state index contributed by atoms with van der Waals surface area (Å²) >= 11 is 1.20. The SMILES string of the molecule is Fc1c(F)c(I)c(F)c(F)c1P. The van der Waals surface area contributed by atoms with Crippen molar-refractivity contribution in [1.29, 1.82) is 0 Å². The van der Waals surface area contributed by atoms with Crippen LogP contribution in [0.5, 0.6) is 0 Å². The lowest BCUT2D eigenvalue weighted by Crippen LogP contribution is -2.13. The van der Waals surface area contributed by atoms with Gasteiger partial charge in [0, 0.05) is 5.30 Å². The molecule has 0 aliphatic carbocycles. The summed E-state index contributed by atoms with van der Waals surface area (Å²) in [5, 5.41) is -0.717. The van der Waals surface area contributed by atoms with E-state index in [1.165, 1.54) is 22.6 Å². The molecular formula is C6H2F4IP. The highest BCUT2D eigenvalue weighted by Gasteiger charge is 2.20. The maximum absolute atomic E-state index is 12.6. The molecule has 0 fully saturated rings. The van der Waals surface area contributed by atoms with E-state index in [9.17, 15) is 17.6 Å². The molecule has 1 atom stereocenters. The predicted octanol–water partition coefficient (Wildman–Crippen LogP) is 2.35. The van der Waals surface area contributed by atoms with Gasteiger partial charge in [0.05, 0.1) is 3.57 Å². The fourth-order valence-electron chi connectivity index (χ4n) is 0.622. The predicted molar refractivity (Wildman–Crippen MR) is 48.3 cm³/mol. The van der Waals surface area contributed by atoms with E-state index in [1.54, 1.807) is 9.24 Å². The largest absolute Gasteiger partial charge is 0.203 e. The highest BCUT2D eigenvalue weighted by Crippen LogP contribution is 2.20. The third-order valence-corrected chi connectivity index (χ3v) is 2.70. The summed E-state index contributed by atoms with van der Waals surface area (Å²) in [5.74, 6) is -5.47. The second-order valence-corrected chi connectivity index (χ2v) is 3.64. The van der Waals surface area contributed by atoms with Crippen LogP contribution in [0.1, 0.15) is 0 Å². The molecule has 0 N–H and O–H groups in total. The van der Waals surface area contributed by atoms with E-state index in [4.69, 9.17) is 0 Å². The van der Waals surface area contributed by atoms with Crippen LogP contribution in [-0.4, -0.2) is 0 Å². The minimum atomic E-state index is -1.37. The summed E-state index contributed by atoms with van der Waals surface area (Å²) in [4.78, 5) is 0. The molecule has 0 aliphatic rings. The molecule has 1 unspecified atom stereocenters. The van der Waals surface area contributed by atoms with Gasteiger partial charge in [-0.1, -0.05) is 9.24 Å². The Morgan fingerprint density at radius 3 is 1.50 bits per heavy atom. The molecule has 0 bridgehead atoms. The van der Waals surface area contributed by atoms with Gasteiger partial charge in [0.2, 0.25) is 0 Å². The van der Waals surface area contributed by atoms with Crippen LogP contribution in [-0.2, 0) is 0 Å². The standard InChI is InChI=1S/C6H2F4IP/c7-1-3(9)6(12)4(10)2(8)5(1)11/h12H2. The van der Waals surface area contributed by atoms with E-state index in [0.717, 1.165) is 0 Å². The lowest BCUT2D eigenvalue weighted by molar-refractivity contribution is 0.455. The summed E-state index contributed by atoms with van der Waals surface area (Å²) in [6.45, 7) is 0. The number of rotatable bonds is 0. The zero-order valence-electron chi connectivity index (χ0n) is 5.47. The van der Waals surface area contributed by atoms with Crippen LogP contribution >= 0.6 is 31.8 Å². The summed E-state index contributed by atoms with van der Waals surface area (Å²) in [7, 11) is 1.60. The first kappa shape index (κ1) is 10.2. The average Bonchev–Trinajstić information content (AvgIpc) is 2.08. The van der Waals surface area contributed by atoms with Crippen molar-refractivity contribution < 1.29 is 17.6 Å². The fraction of sp³-hybridized carbons (Fsp3) is 0. The Bertz CT molecular complexity index is 234. The van der Waals surface area contributed by atoms with E-state index in [-0.39, 0.29) is 0 Å². The summed E-state index contributed by atoms with van der Waals surface area (Å²) in [6.07, 6.45) is 0. The van der Waals surface area contributed by atoms with Gasteiger partial charge in [-0.2, -0.15) is 0 Å². The Balaban J connectivity index is 3.60. The monoisotopic (exact) mass is 308 g/mol. The molecule has 0 saturated heterocycles. The van der Waals surface area contributed by atoms with Gasteiger partial charge in [-0.15, -0.1) is 0 Å². The highest BCUT2D eigenvalue weighted by molar-refractivity contribution is 14.1. The normalized spacial score (nSPS) is 10.5. The topological polar surface area (TPSA) is 0 Å². The van der Waals surface area contributed by atoms with Gasteiger partial charge >= 0.3 is 0 Å². The van der Waals surface area contributed by atoms with Crippen molar-refractivity contribution in [3.63, 3.8) is 0 Å². The first-order valence-electron chi connectivity index (χ1n) is 2.73. The van der Waals surface area contributed by atoms with Crippen LogP contribution in [0.25, 0.3) is 0 Å². The Morgan fingerprint density at radius 1 is 0.833 bits per heavy atom. The van der Waals surface area contributed by atoms with Crippen LogP contribution < -0.4 is 5.30 Å². The molecule has 0 spiro atoms. The Kier molecular flexibility index (Phi) is 2.93. The molecule has 1 aromatic rings. The quantitative estimate of drug-likeness (QED) is 0.227. The van der Waals surface area contributed by atoms with Crippen molar-refractivity contribution in [3.8, 4) is 0 Å². The Morgan fingerprint density at radius 2 is 1.17 bits per heavy atom. The van der Waals surface area contributed by atoms with Gasteiger partial charge in [0.1, 0.15) is 0 Å². The van der Waals surface area contributed by atoms with Crippen LogP contribution in [0.3, 0.4) is 0 Å². The molecule has 0 heterocycles. The third kappa shape index (κ3) is 1.44. The lowest BCUT2D eigenvalue weighted by atomic mass is 10.3. The lowest BCUT2D eigenvalue weighted by Gasteiger charge is -2.03. The molecule has 0 saturated carbocycles. The van der Waals surface area contributed by atoms with Crippen molar-refractivity contribution in [1.82, 2.24) is 0 Å². The van der Waals surface area contributed by atoms with Crippen molar-refractivity contribution in [2.75, 3.05) is 0 Å². The number of hydrogen-bond donors (Lipinski definition) is 0. The minimum absolute atomic E-state index is 0.672. The third-order valence-electron chi connectivity index (χ3n) is 1.24. The second kappa shape index (κ2) is 3.46. The van der Waals surface area contributed by atoms with E-state index >= 15 is 0 Å². The smallest absolute Gasteiger partial charge is 0.175 e. The molecule has 0 radical (unpaired) electrons. The second-order valence-electron chi connectivity index (χ2n) is 1.98. The molecule has 0 amide bonds. The molecule has 6 heteroatoms. The van der Waals surface area contributed by atoms with E-state index < -0.39 is 32.1 Å². The van der Waals surface area contributed by atoms with Crippen LogP contribution in [0.15, 0.2) is 0 Å². The minimum Gasteiger partial charge on any atom is -0.203 e. The summed E-state index contributed by atoms with van der Waals surface area (Å²) in [6, 6.07) is 0. The summed E-state index contributed by atoms with van der Waals surface area (Å²) in [5.41, 5.74) is 0. The van der Waals surface area contributed by atoms with Gasteiger partial charge in [0.15, 0.2) is 23.3 Å². The molecule has 0 aromatic heterocycles. The number of benzene rings is 1. The Labute approximate surface area is 81.7 Å². The fourth-order valence-corrected chi connectivity index (χ4v) is 1.35. The molecule has 66 valence electrons. The molecular weight excluding hydrogens is 306 g/mol. The zero-order valence-corrected chi connectivity index (χ0v) is 8.78. The number of halogens is 5. The van der Waals surface area contributed by atoms with Crippen LogP contribution in [0.2, 0.25) is 0 Å². The van der Waals surface area contributed by atoms with Gasteiger partial charge in [-0.3, -0.25) is 0 Å². The molecule has 1 aromatic carbocycles. The average molecular weight is 308 g/mol. The van der Waals surface area contributed by atoms with Crippen molar-refractivity contribution in [2.24, 2.45) is 0 Å². The maximum atomic E-state index is 12.6. The first-order valence-corrected chi connectivity index (χ1v) is 4.39. The molecule has 0 aliphatic heterocycles. The molecule has 12 heavy (non-hydrogen) atoms. The maximum Gasteiger partial charge on any atom is 0.175 e. The van der Waals surface area contributed by atoms with Gasteiger partial charge in [0.25, 0.3) is 0 Å². The van der Waals surface area contributed by atoms with E-state index in [0.29, 0.717) is 0 Å². The molecule has 0 nitrogen and oxygen atoms in total. The van der Waals surface area contributed by atoms with Gasteiger partial charge in [-0.25, -0.2) is 17.6 Å². The van der Waals surface area contributed by atoms with Crippen molar-refractivity contribution in [3.05, 3.63) is 26.8 Å². The first-order chi connectivity index (χ1) is 5.46. The van der Waals surface area contributed by atoms with Gasteiger partial charge < -0.3 is 0 Å². The highest BCUT2D eigenvalue weighted by atomic mass is 127. The van der Waals surface area contributed by atoms with Gasteiger partial charge in [-0.05, 0) is 22.6 Å².